The number of nitrogen functional groups attached to an aromatic ring is 1. The van der Waals surface area contributed by atoms with Crippen LogP contribution in [0.25, 0.3) is 22.5 Å². The van der Waals surface area contributed by atoms with Gasteiger partial charge in [0, 0.05) is 19.3 Å². The van der Waals surface area contributed by atoms with Crippen LogP contribution in [0, 0.1) is 0 Å². The van der Waals surface area contributed by atoms with Crippen molar-refractivity contribution in [3.8, 4) is 22.5 Å². The lowest BCUT2D eigenvalue weighted by atomic mass is 10.00. The van der Waals surface area contributed by atoms with Gasteiger partial charge in [-0.2, -0.15) is 5.21 Å². The van der Waals surface area contributed by atoms with Crippen molar-refractivity contribution >= 4 is 25.9 Å². The van der Waals surface area contributed by atoms with Gasteiger partial charge in [-0.25, -0.2) is 31.7 Å². The number of hydrogen-bond donors (Lipinski definition) is 6. The van der Waals surface area contributed by atoms with E-state index in [1.807, 2.05) is 0 Å². The van der Waals surface area contributed by atoms with Crippen molar-refractivity contribution in [1.29, 1.82) is 0 Å². The summed E-state index contributed by atoms with van der Waals surface area (Å²) in [7, 11) is -9.08. The van der Waals surface area contributed by atoms with E-state index in [1.54, 1.807) is 0 Å². The summed E-state index contributed by atoms with van der Waals surface area (Å²) < 4.78 is 52.9. The van der Waals surface area contributed by atoms with Crippen molar-refractivity contribution < 1.29 is 21.9 Å². The maximum absolute atomic E-state index is 12.9. The summed E-state index contributed by atoms with van der Waals surface area (Å²) >= 11 is 0. The van der Waals surface area contributed by atoms with E-state index in [4.69, 9.17) is 16.6 Å². The average Bonchev–Trinajstić information content (AvgIpc) is 3.25. The first-order chi connectivity index (χ1) is 14.5. The number of nitrogens with one attached hydrogen (secondary N) is 2. The van der Waals surface area contributed by atoms with E-state index in [1.165, 1.54) is 24.4 Å². The van der Waals surface area contributed by atoms with Gasteiger partial charge in [-0.15, -0.1) is 10.2 Å². The van der Waals surface area contributed by atoms with E-state index in [0.717, 1.165) is 6.07 Å². The maximum Gasteiger partial charge on any atom is 0.242 e. The number of nitrogens with zero attached hydrogens (tertiary/aromatic N) is 4. The fourth-order valence-corrected chi connectivity index (χ4v) is 5.44. The molecule has 3 aromatic rings. The zero-order valence-corrected chi connectivity index (χ0v) is 17.4. The third-order valence-electron chi connectivity index (χ3n) is 4.14. The lowest BCUT2D eigenvalue weighted by Gasteiger charge is -2.17. The summed E-state index contributed by atoms with van der Waals surface area (Å²) in [4.78, 5) is 2.46. The smallest absolute Gasteiger partial charge is 0.242 e. The van der Waals surface area contributed by atoms with Gasteiger partial charge in [-0.3, -0.25) is 0 Å². The summed E-state index contributed by atoms with van der Waals surface area (Å²) in [6.07, 6.45) is 0.213. The van der Waals surface area contributed by atoms with Crippen LogP contribution in [-0.4, -0.2) is 66.7 Å². The second-order valence-corrected chi connectivity index (χ2v) is 9.54. The summed E-state index contributed by atoms with van der Waals surface area (Å²) in [6, 6.07) is 5.40. The quantitative estimate of drug-likeness (QED) is 0.206. The molecule has 31 heavy (non-hydrogen) atoms. The molecule has 9 N–H and O–H groups in total. The Bertz CT molecular complexity index is 1290. The number of primary sulfonamides is 1. The Labute approximate surface area is 177 Å². The van der Waals surface area contributed by atoms with E-state index in [0.29, 0.717) is 5.56 Å². The van der Waals surface area contributed by atoms with Gasteiger partial charge in [0.1, 0.15) is 15.6 Å². The van der Waals surface area contributed by atoms with Crippen LogP contribution >= 0.6 is 0 Å². The molecule has 0 aliphatic carbocycles. The molecular formula is C15H19N9O5S2. The Morgan fingerprint density at radius 2 is 1.94 bits per heavy atom. The molecular weight excluding hydrogens is 450 g/mol. The maximum atomic E-state index is 12.9. The number of aliphatic hydroxyl groups is 1. The second kappa shape index (κ2) is 8.61. The van der Waals surface area contributed by atoms with Gasteiger partial charge in [-0.05, 0) is 34.5 Å². The molecule has 0 spiro atoms. The van der Waals surface area contributed by atoms with Crippen molar-refractivity contribution in [3.05, 3.63) is 30.5 Å². The minimum Gasteiger partial charge on any atom is -0.390 e. The molecule has 0 fully saturated rings. The van der Waals surface area contributed by atoms with Crippen LogP contribution in [0.4, 0.5) is 5.82 Å². The molecule has 14 nitrogen and oxygen atoms in total. The van der Waals surface area contributed by atoms with E-state index in [9.17, 15) is 21.9 Å². The van der Waals surface area contributed by atoms with Gasteiger partial charge in [0.15, 0.2) is 0 Å². The van der Waals surface area contributed by atoms with E-state index < -0.39 is 42.5 Å². The summed E-state index contributed by atoms with van der Waals surface area (Å²) in [6.45, 7) is -0.649. The first-order valence-electron chi connectivity index (χ1n) is 8.58. The van der Waals surface area contributed by atoms with E-state index in [-0.39, 0.29) is 29.3 Å². The normalized spacial score (nSPS) is 13.3. The van der Waals surface area contributed by atoms with Gasteiger partial charge in [0.2, 0.25) is 25.9 Å². The molecule has 0 saturated heterocycles. The third kappa shape index (κ3) is 4.84. The van der Waals surface area contributed by atoms with Crippen LogP contribution in [0.2, 0.25) is 0 Å². The highest BCUT2D eigenvalue weighted by molar-refractivity contribution is 7.92. The lowest BCUT2D eigenvalue weighted by Crippen LogP contribution is -2.36. The van der Waals surface area contributed by atoms with E-state index >= 15 is 0 Å². The number of nitrogens with two attached hydrogens (primary N) is 3. The molecule has 1 atom stereocenters. The molecule has 0 radical (unpaired) electrons. The number of aliphatic hydroxyl groups excluding tert-OH is 1. The van der Waals surface area contributed by atoms with Crippen molar-refractivity contribution in [3.63, 3.8) is 0 Å². The van der Waals surface area contributed by atoms with Gasteiger partial charge >= 0.3 is 0 Å². The highest BCUT2D eigenvalue weighted by Gasteiger charge is 2.32. The van der Waals surface area contributed by atoms with Gasteiger partial charge in [0.05, 0.1) is 11.7 Å². The fraction of sp³-hybridized carbons (Fsp3) is 0.200. The number of benzene rings is 1. The number of pyridine rings is 1. The Morgan fingerprint density at radius 1 is 1.19 bits per heavy atom. The molecule has 0 aliphatic rings. The average molecular weight is 470 g/mol. The van der Waals surface area contributed by atoms with E-state index in [2.05, 4.69) is 30.3 Å². The van der Waals surface area contributed by atoms with Gasteiger partial charge in [-0.1, -0.05) is 6.07 Å². The number of rotatable bonds is 8. The molecule has 0 aliphatic heterocycles. The van der Waals surface area contributed by atoms with Crippen LogP contribution in [0.1, 0.15) is 0 Å². The molecule has 0 saturated carbocycles. The summed E-state index contributed by atoms with van der Waals surface area (Å²) in [5.74, 6) is -0.0729. The lowest BCUT2D eigenvalue weighted by molar-refractivity contribution is 0.186. The number of aromatic amines is 1. The zero-order valence-electron chi connectivity index (χ0n) is 15.8. The highest BCUT2D eigenvalue weighted by Crippen LogP contribution is 2.38. The van der Waals surface area contributed by atoms with Gasteiger partial charge < -0.3 is 16.6 Å². The predicted molar refractivity (Wildman–Crippen MR) is 109 cm³/mol. The molecule has 16 heteroatoms. The van der Waals surface area contributed by atoms with Crippen LogP contribution in [-0.2, 0) is 20.0 Å². The molecule has 0 amide bonds. The first-order valence-corrected chi connectivity index (χ1v) is 11.6. The monoisotopic (exact) mass is 469 g/mol. The standard InChI is InChI=1S/C15H19N9O5S2/c16-6-9(25)7-20-31(28,29)11-2-1-10(8-3-4-19-12(17)5-8)13(14(11)30(18,26)27)15-21-23-24-22-15/h1-5,9,20,25H,6-7,16H2,(H2,17,19)(H2,18,26,27)(H,21,22,23,24). The second-order valence-electron chi connectivity index (χ2n) is 6.31. The number of H-pyrrole nitrogens is 1. The molecule has 1 unspecified atom stereocenters. The summed E-state index contributed by atoms with van der Waals surface area (Å²) in [5.41, 5.74) is 11.4. The van der Waals surface area contributed by atoms with Gasteiger partial charge in [0.25, 0.3) is 0 Å². The molecule has 166 valence electrons. The third-order valence-corrected chi connectivity index (χ3v) is 6.73. The Hall–Kier alpha value is -3.02. The minimum absolute atomic E-state index is 0.142. The van der Waals surface area contributed by atoms with Crippen LogP contribution in [0.15, 0.2) is 40.3 Å². The molecule has 2 heterocycles. The first kappa shape index (κ1) is 22.7. The molecule has 2 aromatic heterocycles. The molecule has 0 bridgehead atoms. The zero-order chi connectivity index (χ0) is 22.8. The SMILES string of the molecule is NCC(O)CNS(=O)(=O)c1ccc(-c2ccnc(N)c2)c(-c2nn[nH]n2)c1S(N)(=O)=O. The van der Waals surface area contributed by atoms with Crippen molar-refractivity contribution in [2.75, 3.05) is 18.8 Å². The Balaban J connectivity index is 2.34. The van der Waals surface area contributed by atoms with Crippen molar-refractivity contribution in [2.45, 2.75) is 15.9 Å². The molecule has 3 rings (SSSR count). The van der Waals surface area contributed by atoms with Crippen molar-refractivity contribution in [1.82, 2.24) is 30.3 Å². The Morgan fingerprint density at radius 3 is 2.52 bits per heavy atom. The minimum atomic E-state index is -4.63. The Kier molecular flexibility index (Phi) is 6.30. The number of anilines is 1. The number of hydrogen-bond acceptors (Lipinski definition) is 11. The number of tetrazole rings is 1. The topological polar surface area (TPSA) is 246 Å². The van der Waals surface area contributed by atoms with Crippen molar-refractivity contribution in [2.24, 2.45) is 10.9 Å². The van der Waals surface area contributed by atoms with Crippen LogP contribution < -0.4 is 21.3 Å². The van der Waals surface area contributed by atoms with Crippen LogP contribution in [0.3, 0.4) is 0 Å². The largest absolute Gasteiger partial charge is 0.390 e. The summed E-state index contributed by atoms with van der Waals surface area (Å²) in [5, 5.41) is 28.2. The predicted octanol–water partition coefficient (Wildman–Crippen LogP) is -2.24. The van der Waals surface area contributed by atoms with Crippen LogP contribution in [0.5, 0.6) is 0 Å². The molecule has 1 aromatic carbocycles. The number of sulfonamides is 2. The highest BCUT2D eigenvalue weighted by atomic mass is 32.2. The number of aromatic nitrogens is 5. The fourth-order valence-electron chi connectivity index (χ4n) is 2.77.